The van der Waals surface area contributed by atoms with Gasteiger partial charge in [-0.1, -0.05) is 18.2 Å². The monoisotopic (exact) mass is 446 g/mol. The van der Waals surface area contributed by atoms with Crippen LogP contribution in [0, 0.1) is 13.8 Å². The topological polar surface area (TPSA) is 54.7 Å². The third-order valence-corrected chi connectivity index (χ3v) is 5.85. The van der Waals surface area contributed by atoms with Crippen molar-refractivity contribution in [2.75, 3.05) is 27.9 Å². The zero-order valence-corrected chi connectivity index (χ0v) is 19.8. The van der Waals surface area contributed by atoms with Crippen LogP contribution < -0.4 is 18.9 Å². The molecule has 1 aromatic heterocycles. The smallest absolute Gasteiger partial charge is 0.203 e. The molecule has 4 aromatic rings. The first kappa shape index (κ1) is 22.5. The Morgan fingerprint density at radius 1 is 0.818 bits per heavy atom. The fourth-order valence-electron chi connectivity index (χ4n) is 3.95. The van der Waals surface area contributed by atoms with Crippen molar-refractivity contribution in [3.05, 3.63) is 65.7 Å². The van der Waals surface area contributed by atoms with Gasteiger partial charge in [0.05, 0.1) is 39.0 Å². The summed E-state index contributed by atoms with van der Waals surface area (Å²) in [7, 11) is 4.84. The second kappa shape index (κ2) is 9.86. The summed E-state index contributed by atoms with van der Waals surface area (Å²) >= 11 is 0. The molecule has 0 radical (unpaired) electrons. The van der Waals surface area contributed by atoms with Gasteiger partial charge in [-0.2, -0.15) is 0 Å². The standard InChI is InChI=1S/C27H30N2O4/c1-18-11-12-21(15-19(18)2)33-14-8-13-29-23-10-7-6-9-22(23)28-27(29)20-16-24(30-3)26(32-5)25(17-20)31-4/h6-7,9-12,15-17H,8,13-14H2,1-5H3. The van der Waals surface area contributed by atoms with Gasteiger partial charge in [-0.3, -0.25) is 0 Å². The molecule has 0 saturated heterocycles. The SMILES string of the molecule is COc1cc(-c2nc3ccccc3n2CCCOc2ccc(C)c(C)c2)cc(OC)c1OC. The number of imidazole rings is 1. The molecule has 4 rings (SSSR count). The second-order valence-electron chi connectivity index (χ2n) is 7.94. The molecule has 6 heteroatoms. The molecular formula is C27H30N2O4. The number of para-hydroxylation sites is 2. The number of rotatable bonds is 9. The molecule has 0 atom stereocenters. The molecule has 0 aliphatic rings. The predicted octanol–water partition coefficient (Wildman–Crippen LogP) is 5.82. The lowest BCUT2D eigenvalue weighted by molar-refractivity contribution is 0.302. The molecule has 172 valence electrons. The molecule has 3 aromatic carbocycles. The molecule has 0 fully saturated rings. The second-order valence-corrected chi connectivity index (χ2v) is 7.94. The first-order valence-electron chi connectivity index (χ1n) is 11.0. The minimum atomic E-state index is 0.563. The van der Waals surface area contributed by atoms with Gasteiger partial charge in [0.1, 0.15) is 11.6 Å². The van der Waals surface area contributed by atoms with Gasteiger partial charge in [0, 0.05) is 12.1 Å². The van der Waals surface area contributed by atoms with Crippen LogP contribution in [0.25, 0.3) is 22.4 Å². The van der Waals surface area contributed by atoms with Crippen molar-refractivity contribution < 1.29 is 18.9 Å². The molecule has 0 aliphatic carbocycles. The number of aryl methyl sites for hydroxylation is 3. The highest BCUT2D eigenvalue weighted by molar-refractivity contribution is 5.81. The Morgan fingerprint density at radius 3 is 2.21 bits per heavy atom. The molecule has 1 heterocycles. The molecule has 0 unspecified atom stereocenters. The summed E-state index contributed by atoms with van der Waals surface area (Å²) in [6, 6.07) is 18.2. The predicted molar refractivity (Wildman–Crippen MR) is 131 cm³/mol. The Kier molecular flexibility index (Phi) is 6.73. The van der Waals surface area contributed by atoms with E-state index in [2.05, 4.69) is 36.6 Å². The molecule has 0 amide bonds. The van der Waals surface area contributed by atoms with E-state index in [1.54, 1.807) is 21.3 Å². The molecule has 6 nitrogen and oxygen atoms in total. The Labute approximate surface area is 194 Å². The fourth-order valence-corrected chi connectivity index (χ4v) is 3.95. The minimum Gasteiger partial charge on any atom is -0.494 e. The van der Waals surface area contributed by atoms with E-state index < -0.39 is 0 Å². The van der Waals surface area contributed by atoms with E-state index in [-0.39, 0.29) is 0 Å². The highest BCUT2D eigenvalue weighted by Crippen LogP contribution is 2.41. The van der Waals surface area contributed by atoms with E-state index in [9.17, 15) is 0 Å². The average Bonchev–Trinajstić information content (AvgIpc) is 3.21. The lowest BCUT2D eigenvalue weighted by Crippen LogP contribution is -2.06. The van der Waals surface area contributed by atoms with E-state index >= 15 is 0 Å². The normalized spacial score (nSPS) is 10.9. The molecular weight excluding hydrogens is 416 g/mol. The van der Waals surface area contributed by atoms with Crippen LogP contribution in [-0.4, -0.2) is 37.5 Å². The number of fused-ring (bicyclic) bond motifs is 1. The lowest BCUT2D eigenvalue weighted by Gasteiger charge is -2.15. The summed E-state index contributed by atoms with van der Waals surface area (Å²) in [5, 5.41) is 0. The van der Waals surface area contributed by atoms with Gasteiger partial charge in [-0.25, -0.2) is 4.98 Å². The highest BCUT2D eigenvalue weighted by atomic mass is 16.5. The fraction of sp³-hybridized carbons (Fsp3) is 0.296. The summed E-state index contributed by atoms with van der Waals surface area (Å²) in [6.07, 6.45) is 0.838. The summed E-state index contributed by atoms with van der Waals surface area (Å²) in [4.78, 5) is 4.92. The van der Waals surface area contributed by atoms with Crippen molar-refractivity contribution in [2.24, 2.45) is 0 Å². The number of aromatic nitrogens is 2. The van der Waals surface area contributed by atoms with Crippen LogP contribution in [0.3, 0.4) is 0 Å². The largest absolute Gasteiger partial charge is 0.494 e. The van der Waals surface area contributed by atoms with Crippen molar-refractivity contribution in [1.29, 1.82) is 0 Å². The van der Waals surface area contributed by atoms with Crippen LogP contribution in [-0.2, 0) is 6.54 Å². The Balaban J connectivity index is 1.63. The lowest BCUT2D eigenvalue weighted by atomic mass is 10.1. The van der Waals surface area contributed by atoms with E-state index in [0.29, 0.717) is 23.9 Å². The van der Waals surface area contributed by atoms with Gasteiger partial charge in [-0.15, -0.1) is 0 Å². The zero-order valence-electron chi connectivity index (χ0n) is 19.8. The van der Waals surface area contributed by atoms with Crippen LogP contribution in [0.1, 0.15) is 17.5 Å². The number of benzene rings is 3. The van der Waals surface area contributed by atoms with Crippen LogP contribution in [0.4, 0.5) is 0 Å². The van der Waals surface area contributed by atoms with Crippen molar-refractivity contribution in [3.8, 4) is 34.4 Å². The van der Waals surface area contributed by atoms with Gasteiger partial charge in [0.15, 0.2) is 11.5 Å². The number of ether oxygens (including phenoxy) is 4. The van der Waals surface area contributed by atoms with Gasteiger partial charge in [0.2, 0.25) is 5.75 Å². The van der Waals surface area contributed by atoms with E-state index in [1.807, 2.05) is 36.4 Å². The maximum atomic E-state index is 6.01. The quantitative estimate of drug-likeness (QED) is 0.304. The number of nitrogens with zero attached hydrogens (tertiary/aromatic N) is 2. The maximum absolute atomic E-state index is 6.01. The van der Waals surface area contributed by atoms with Gasteiger partial charge in [0.25, 0.3) is 0 Å². The van der Waals surface area contributed by atoms with Gasteiger partial charge >= 0.3 is 0 Å². The minimum absolute atomic E-state index is 0.563. The maximum Gasteiger partial charge on any atom is 0.203 e. The van der Waals surface area contributed by atoms with E-state index in [1.165, 1.54) is 11.1 Å². The average molecular weight is 447 g/mol. The third kappa shape index (κ3) is 4.60. The highest BCUT2D eigenvalue weighted by Gasteiger charge is 2.18. The number of hydrogen-bond acceptors (Lipinski definition) is 5. The van der Waals surface area contributed by atoms with Crippen molar-refractivity contribution in [2.45, 2.75) is 26.8 Å². The molecule has 0 N–H and O–H groups in total. The summed E-state index contributed by atoms with van der Waals surface area (Å²) in [5.74, 6) is 3.51. The van der Waals surface area contributed by atoms with E-state index in [4.69, 9.17) is 23.9 Å². The van der Waals surface area contributed by atoms with Crippen molar-refractivity contribution in [1.82, 2.24) is 9.55 Å². The van der Waals surface area contributed by atoms with Crippen LogP contribution >= 0.6 is 0 Å². The zero-order chi connectivity index (χ0) is 23.4. The van der Waals surface area contributed by atoms with Crippen molar-refractivity contribution in [3.63, 3.8) is 0 Å². The summed E-state index contributed by atoms with van der Waals surface area (Å²) in [6.45, 7) is 5.58. The van der Waals surface area contributed by atoms with Gasteiger partial charge < -0.3 is 23.5 Å². The Morgan fingerprint density at radius 2 is 1.55 bits per heavy atom. The molecule has 0 spiro atoms. The third-order valence-electron chi connectivity index (χ3n) is 5.85. The number of hydrogen-bond donors (Lipinski definition) is 0. The molecule has 33 heavy (non-hydrogen) atoms. The number of methoxy groups -OCH3 is 3. The van der Waals surface area contributed by atoms with Crippen LogP contribution in [0.5, 0.6) is 23.0 Å². The van der Waals surface area contributed by atoms with Crippen LogP contribution in [0.15, 0.2) is 54.6 Å². The van der Waals surface area contributed by atoms with Crippen LogP contribution in [0.2, 0.25) is 0 Å². The van der Waals surface area contributed by atoms with E-state index in [0.717, 1.165) is 41.1 Å². The van der Waals surface area contributed by atoms with Crippen molar-refractivity contribution >= 4 is 11.0 Å². The molecule has 0 aliphatic heterocycles. The van der Waals surface area contributed by atoms with Gasteiger partial charge in [-0.05, 0) is 67.8 Å². The first-order valence-corrected chi connectivity index (χ1v) is 11.0. The first-order chi connectivity index (χ1) is 16.0. The Hall–Kier alpha value is -3.67. The summed E-state index contributed by atoms with van der Waals surface area (Å²) < 4.78 is 24.8. The summed E-state index contributed by atoms with van der Waals surface area (Å²) in [5.41, 5.74) is 5.42. The molecule has 0 saturated carbocycles. The molecule has 0 bridgehead atoms. The Bertz CT molecular complexity index is 1240.